The number of aliphatic carboxylic acids is 1. The van der Waals surface area contributed by atoms with Crippen LogP contribution in [0.5, 0.6) is 0 Å². The van der Waals surface area contributed by atoms with Crippen molar-refractivity contribution in [2.45, 2.75) is 59.4 Å². The van der Waals surface area contributed by atoms with Crippen molar-refractivity contribution in [1.82, 2.24) is 10.6 Å². The van der Waals surface area contributed by atoms with Gasteiger partial charge in [0.2, 0.25) is 5.91 Å². The second-order valence-corrected chi connectivity index (χ2v) is 10.3. The van der Waals surface area contributed by atoms with Crippen LogP contribution in [-0.2, 0) is 14.3 Å². The molecule has 3 rings (SSSR count). The van der Waals surface area contributed by atoms with Crippen molar-refractivity contribution in [3.63, 3.8) is 0 Å². The van der Waals surface area contributed by atoms with Gasteiger partial charge >= 0.3 is 12.1 Å². The van der Waals surface area contributed by atoms with Gasteiger partial charge in [0.25, 0.3) is 0 Å². The summed E-state index contributed by atoms with van der Waals surface area (Å²) in [4.78, 5) is 37.6. The van der Waals surface area contributed by atoms with Crippen molar-refractivity contribution in [3.05, 3.63) is 59.7 Å². The third kappa shape index (κ3) is 5.50. The van der Waals surface area contributed by atoms with E-state index in [-0.39, 0.29) is 25.0 Å². The molecule has 2 aromatic carbocycles. The molecule has 0 radical (unpaired) electrons. The van der Waals surface area contributed by atoms with Crippen LogP contribution in [0.1, 0.15) is 64.5 Å². The van der Waals surface area contributed by atoms with E-state index in [4.69, 9.17) is 4.74 Å². The van der Waals surface area contributed by atoms with Crippen LogP contribution >= 0.6 is 0 Å². The number of hydrogen-bond donors (Lipinski definition) is 3. The Morgan fingerprint density at radius 3 is 1.91 bits per heavy atom. The van der Waals surface area contributed by atoms with Gasteiger partial charge in [-0.2, -0.15) is 0 Å². The van der Waals surface area contributed by atoms with Crippen LogP contribution in [0.2, 0.25) is 0 Å². The quantitative estimate of drug-likeness (QED) is 0.471. The lowest BCUT2D eigenvalue weighted by molar-refractivity contribution is -0.147. The SMILES string of the molecule is CCC(CC)(CNC(=O)OCC1c2ccccc2-c2ccccc21)C(=O)N[C@@H](C(=O)O)C(C)(C)C. The van der Waals surface area contributed by atoms with Gasteiger partial charge in [0, 0.05) is 12.5 Å². The van der Waals surface area contributed by atoms with Crippen LogP contribution in [0.15, 0.2) is 48.5 Å². The molecule has 0 spiro atoms. The van der Waals surface area contributed by atoms with Crippen LogP contribution < -0.4 is 10.6 Å². The number of rotatable bonds is 9. The standard InChI is InChI=1S/C28H36N2O5/c1-6-28(7-2,25(33)30-23(24(31)32)27(3,4)5)17-29-26(34)35-16-22-20-14-10-8-12-18(20)19-13-9-11-15-21(19)22/h8-15,22-23H,6-7,16-17H2,1-5H3,(H,29,34)(H,30,33)(H,31,32)/t23-/m0/s1. The van der Waals surface area contributed by atoms with Crippen LogP contribution in [0.25, 0.3) is 11.1 Å². The number of carbonyl (C=O) groups excluding carboxylic acids is 2. The van der Waals surface area contributed by atoms with Gasteiger partial charge in [-0.15, -0.1) is 0 Å². The second-order valence-electron chi connectivity index (χ2n) is 10.3. The van der Waals surface area contributed by atoms with Gasteiger partial charge in [-0.1, -0.05) is 83.1 Å². The van der Waals surface area contributed by atoms with Crippen LogP contribution in [0.3, 0.4) is 0 Å². The third-order valence-electron chi connectivity index (χ3n) is 7.14. The van der Waals surface area contributed by atoms with E-state index < -0.39 is 28.9 Å². The highest BCUT2D eigenvalue weighted by Gasteiger charge is 2.41. The zero-order valence-electron chi connectivity index (χ0n) is 21.2. The maximum atomic E-state index is 13.2. The smallest absolute Gasteiger partial charge is 0.407 e. The molecule has 7 heteroatoms. The summed E-state index contributed by atoms with van der Waals surface area (Å²) >= 11 is 0. The fraction of sp³-hybridized carbons (Fsp3) is 0.464. The van der Waals surface area contributed by atoms with Gasteiger partial charge in [-0.25, -0.2) is 9.59 Å². The van der Waals surface area contributed by atoms with E-state index >= 15 is 0 Å². The lowest BCUT2D eigenvalue weighted by Gasteiger charge is -2.35. The Bertz CT molecular complexity index is 1040. The minimum absolute atomic E-state index is 0.0540. The Kier molecular flexibility index (Phi) is 7.88. The second kappa shape index (κ2) is 10.5. The molecule has 1 aliphatic carbocycles. The van der Waals surface area contributed by atoms with Crippen LogP contribution in [-0.4, -0.2) is 42.3 Å². The lowest BCUT2D eigenvalue weighted by atomic mass is 9.79. The van der Waals surface area contributed by atoms with E-state index in [1.54, 1.807) is 20.8 Å². The molecule has 0 aromatic heterocycles. The molecule has 0 saturated heterocycles. The van der Waals surface area contributed by atoms with Crippen LogP contribution in [0.4, 0.5) is 4.79 Å². The fourth-order valence-corrected chi connectivity index (χ4v) is 4.73. The number of nitrogens with one attached hydrogen (secondary N) is 2. The first-order chi connectivity index (χ1) is 16.5. The van der Waals surface area contributed by atoms with Gasteiger partial charge in [0.15, 0.2) is 0 Å². The zero-order valence-corrected chi connectivity index (χ0v) is 21.2. The van der Waals surface area contributed by atoms with Crippen molar-refractivity contribution >= 4 is 18.0 Å². The highest BCUT2D eigenvalue weighted by Crippen LogP contribution is 2.44. The Balaban J connectivity index is 1.65. The van der Waals surface area contributed by atoms with Crippen molar-refractivity contribution < 1.29 is 24.2 Å². The average molecular weight is 481 g/mol. The van der Waals surface area contributed by atoms with Gasteiger partial charge in [0.1, 0.15) is 12.6 Å². The normalized spacial score (nSPS) is 14.0. The highest BCUT2D eigenvalue weighted by atomic mass is 16.5. The summed E-state index contributed by atoms with van der Waals surface area (Å²) in [5.41, 5.74) is 2.95. The van der Waals surface area contributed by atoms with E-state index in [1.165, 1.54) is 0 Å². The number of hydrogen-bond acceptors (Lipinski definition) is 4. The molecule has 1 aliphatic rings. The number of amides is 2. The number of carbonyl (C=O) groups is 3. The zero-order chi connectivity index (χ0) is 25.8. The average Bonchev–Trinajstić information content (AvgIpc) is 3.15. The summed E-state index contributed by atoms with van der Waals surface area (Å²) in [6.45, 7) is 9.24. The molecular weight excluding hydrogens is 444 g/mol. The molecule has 2 aromatic rings. The molecule has 0 heterocycles. The molecule has 188 valence electrons. The first kappa shape index (κ1) is 26.3. The number of alkyl carbamates (subject to hydrolysis) is 1. The van der Waals surface area contributed by atoms with E-state index in [0.717, 1.165) is 22.3 Å². The molecule has 1 atom stereocenters. The van der Waals surface area contributed by atoms with E-state index in [9.17, 15) is 19.5 Å². The van der Waals surface area contributed by atoms with Crippen molar-refractivity contribution in [2.75, 3.05) is 13.2 Å². The molecule has 2 amide bonds. The maximum Gasteiger partial charge on any atom is 0.407 e. The molecule has 3 N–H and O–H groups in total. The molecule has 0 bridgehead atoms. The number of carboxylic acids is 1. The van der Waals surface area contributed by atoms with Crippen molar-refractivity contribution in [2.24, 2.45) is 10.8 Å². The summed E-state index contributed by atoms with van der Waals surface area (Å²) in [5.74, 6) is -1.53. The van der Waals surface area contributed by atoms with Crippen molar-refractivity contribution in [1.29, 1.82) is 0 Å². The number of fused-ring (bicyclic) bond motifs is 3. The third-order valence-corrected chi connectivity index (χ3v) is 7.14. The predicted octanol–water partition coefficient (Wildman–Crippen LogP) is 4.95. The largest absolute Gasteiger partial charge is 0.480 e. The predicted molar refractivity (Wildman–Crippen MR) is 135 cm³/mol. The summed E-state index contributed by atoms with van der Waals surface area (Å²) in [6.07, 6.45) is 0.279. The first-order valence-electron chi connectivity index (χ1n) is 12.2. The Morgan fingerprint density at radius 1 is 0.943 bits per heavy atom. The highest BCUT2D eigenvalue weighted by molar-refractivity contribution is 5.88. The maximum absolute atomic E-state index is 13.2. The Hall–Kier alpha value is -3.35. The summed E-state index contributed by atoms with van der Waals surface area (Å²) < 4.78 is 5.60. The molecule has 0 unspecified atom stereocenters. The summed E-state index contributed by atoms with van der Waals surface area (Å²) in [7, 11) is 0. The minimum Gasteiger partial charge on any atom is -0.480 e. The molecule has 7 nitrogen and oxygen atoms in total. The number of ether oxygens (including phenoxy) is 1. The van der Waals surface area contributed by atoms with Gasteiger partial charge in [-0.3, -0.25) is 4.79 Å². The van der Waals surface area contributed by atoms with E-state index in [2.05, 4.69) is 34.9 Å². The topological polar surface area (TPSA) is 105 Å². The number of carboxylic acid groups (broad SMARTS) is 1. The summed E-state index contributed by atoms with van der Waals surface area (Å²) in [6, 6.07) is 15.2. The molecule has 35 heavy (non-hydrogen) atoms. The number of benzene rings is 2. The Morgan fingerprint density at radius 2 is 1.46 bits per heavy atom. The van der Waals surface area contributed by atoms with Gasteiger partial charge in [0.05, 0.1) is 5.41 Å². The monoisotopic (exact) mass is 480 g/mol. The van der Waals surface area contributed by atoms with Crippen molar-refractivity contribution in [3.8, 4) is 11.1 Å². The van der Waals surface area contributed by atoms with Crippen LogP contribution in [0, 0.1) is 10.8 Å². The molecule has 0 aliphatic heterocycles. The fourth-order valence-electron chi connectivity index (χ4n) is 4.73. The Labute approximate surface area is 207 Å². The minimum atomic E-state index is -1.09. The molecular formula is C28H36N2O5. The van der Waals surface area contributed by atoms with Gasteiger partial charge < -0.3 is 20.5 Å². The molecule has 0 saturated carbocycles. The summed E-state index contributed by atoms with van der Waals surface area (Å²) in [5, 5.41) is 15.0. The van der Waals surface area contributed by atoms with E-state index in [1.807, 2.05) is 38.1 Å². The van der Waals surface area contributed by atoms with E-state index in [0.29, 0.717) is 12.8 Å². The lowest BCUT2D eigenvalue weighted by Crippen LogP contribution is -2.56. The molecule has 0 fully saturated rings. The first-order valence-corrected chi connectivity index (χ1v) is 12.2. The van der Waals surface area contributed by atoms with Gasteiger partial charge in [-0.05, 0) is 40.5 Å².